The number of carbonyl (C=O) groups is 1. The van der Waals surface area contributed by atoms with Gasteiger partial charge in [-0.2, -0.15) is 0 Å². The summed E-state index contributed by atoms with van der Waals surface area (Å²) < 4.78 is 0.590. The Labute approximate surface area is 77.8 Å². The lowest BCUT2D eigenvalue weighted by molar-refractivity contribution is 0.100. The molecule has 0 fully saturated rings. The van der Waals surface area contributed by atoms with Gasteiger partial charge < -0.3 is 17.2 Å². The number of benzene rings is 1. The first-order valence-corrected chi connectivity index (χ1v) is 3.96. The Kier molecular flexibility index (Phi) is 2.23. The van der Waals surface area contributed by atoms with Crippen molar-refractivity contribution in [3.05, 3.63) is 22.2 Å². The van der Waals surface area contributed by atoms with Crippen LogP contribution in [0.25, 0.3) is 0 Å². The smallest absolute Gasteiger partial charge is 0.248 e. The normalized spacial score (nSPS) is 9.75. The van der Waals surface area contributed by atoms with Crippen LogP contribution in [0, 0.1) is 0 Å². The Morgan fingerprint density at radius 2 is 1.67 bits per heavy atom. The summed E-state index contributed by atoms with van der Waals surface area (Å²) in [5, 5.41) is 0. The molecule has 0 unspecified atom stereocenters. The third kappa shape index (κ3) is 1.50. The summed E-state index contributed by atoms with van der Waals surface area (Å²) in [5.41, 5.74) is 17.2. The highest BCUT2D eigenvalue weighted by atomic mass is 79.9. The van der Waals surface area contributed by atoms with Gasteiger partial charge in [-0.05, 0) is 28.1 Å². The molecule has 0 aromatic heterocycles. The van der Waals surface area contributed by atoms with Gasteiger partial charge >= 0.3 is 0 Å². The standard InChI is InChI=1S/C7H8BrN3O/c8-6-4(9)1-3(7(11)12)2-5(6)10/h1-2H,9-10H2,(H2,11,12). The highest BCUT2D eigenvalue weighted by Gasteiger charge is 2.06. The van der Waals surface area contributed by atoms with Gasteiger partial charge in [0.1, 0.15) is 0 Å². The molecular weight excluding hydrogens is 222 g/mol. The van der Waals surface area contributed by atoms with Gasteiger partial charge in [-0.1, -0.05) is 0 Å². The molecule has 1 aromatic carbocycles. The second kappa shape index (κ2) is 3.02. The molecule has 1 rings (SSSR count). The molecule has 1 amide bonds. The summed E-state index contributed by atoms with van der Waals surface area (Å²) in [6.45, 7) is 0. The van der Waals surface area contributed by atoms with Crippen LogP contribution < -0.4 is 17.2 Å². The van der Waals surface area contributed by atoms with Crippen LogP contribution in [0.3, 0.4) is 0 Å². The average Bonchev–Trinajstić information content (AvgIpc) is 1.99. The summed E-state index contributed by atoms with van der Waals surface area (Å²) in [7, 11) is 0. The fourth-order valence-electron chi connectivity index (χ4n) is 0.812. The van der Waals surface area contributed by atoms with E-state index in [1.165, 1.54) is 12.1 Å². The summed E-state index contributed by atoms with van der Waals surface area (Å²) in [4.78, 5) is 10.7. The van der Waals surface area contributed by atoms with Crippen molar-refractivity contribution in [2.24, 2.45) is 5.73 Å². The van der Waals surface area contributed by atoms with E-state index >= 15 is 0 Å². The molecule has 0 radical (unpaired) electrons. The van der Waals surface area contributed by atoms with Crippen molar-refractivity contribution < 1.29 is 4.79 Å². The van der Waals surface area contributed by atoms with E-state index in [-0.39, 0.29) is 0 Å². The molecular formula is C7H8BrN3O. The summed E-state index contributed by atoms with van der Waals surface area (Å²) in [6, 6.07) is 2.95. The van der Waals surface area contributed by atoms with Crippen LogP contribution in [-0.4, -0.2) is 5.91 Å². The number of rotatable bonds is 1. The largest absolute Gasteiger partial charge is 0.398 e. The topological polar surface area (TPSA) is 95.1 Å². The van der Waals surface area contributed by atoms with Gasteiger partial charge in [0.2, 0.25) is 5.91 Å². The minimum absolute atomic E-state index is 0.313. The van der Waals surface area contributed by atoms with Crippen LogP contribution in [0.15, 0.2) is 16.6 Å². The van der Waals surface area contributed by atoms with Crippen LogP contribution >= 0.6 is 15.9 Å². The maximum Gasteiger partial charge on any atom is 0.248 e. The second-order valence-corrected chi connectivity index (χ2v) is 3.13. The molecule has 0 heterocycles. The van der Waals surface area contributed by atoms with Crippen LogP contribution in [0.2, 0.25) is 0 Å². The Morgan fingerprint density at radius 1 is 1.25 bits per heavy atom. The number of nitrogens with two attached hydrogens (primary N) is 3. The number of halogens is 1. The molecule has 6 N–H and O–H groups in total. The number of hydrogen-bond acceptors (Lipinski definition) is 3. The van der Waals surface area contributed by atoms with E-state index in [4.69, 9.17) is 17.2 Å². The highest BCUT2D eigenvalue weighted by molar-refractivity contribution is 9.10. The first-order chi connectivity index (χ1) is 5.52. The molecule has 0 aliphatic rings. The van der Waals surface area contributed by atoms with Gasteiger partial charge in [-0.3, -0.25) is 4.79 Å². The zero-order valence-electron chi connectivity index (χ0n) is 6.17. The van der Waals surface area contributed by atoms with Crippen molar-refractivity contribution in [2.45, 2.75) is 0 Å². The van der Waals surface area contributed by atoms with E-state index in [9.17, 15) is 4.79 Å². The SMILES string of the molecule is NC(=O)c1cc(N)c(Br)c(N)c1. The van der Waals surface area contributed by atoms with Gasteiger partial charge in [-0.15, -0.1) is 0 Å². The number of carbonyl (C=O) groups excluding carboxylic acids is 1. The molecule has 0 spiro atoms. The monoisotopic (exact) mass is 229 g/mol. The number of hydrogen-bond donors (Lipinski definition) is 3. The first-order valence-electron chi connectivity index (χ1n) is 3.16. The fourth-order valence-corrected chi connectivity index (χ4v) is 1.04. The van der Waals surface area contributed by atoms with Crippen molar-refractivity contribution >= 4 is 33.2 Å². The molecule has 4 nitrogen and oxygen atoms in total. The molecule has 1 aromatic rings. The Hall–Kier alpha value is -1.23. The molecule has 64 valence electrons. The van der Waals surface area contributed by atoms with E-state index in [0.29, 0.717) is 21.4 Å². The second-order valence-electron chi connectivity index (χ2n) is 2.33. The van der Waals surface area contributed by atoms with Crippen molar-refractivity contribution in [3.63, 3.8) is 0 Å². The Morgan fingerprint density at radius 3 is 2.00 bits per heavy atom. The van der Waals surface area contributed by atoms with Crippen molar-refractivity contribution in [2.75, 3.05) is 11.5 Å². The van der Waals surface area contributed by atoms with E-state index in [2.05, 4.69) is 15.9 Å². The minimum atomic E-state index is -0.541. The van der Waals surface area contributed by atoms with E-state index in [0.717, 1.165) is 0 Å². The maximum absolute atomic E-state index is 10.7. The number of amides is 1. The molecule has 0 saturated heterocycles. The van der Waals surface area contributed by atoms with Gasteiger partial charge in [0.05, 0.1) is 4.47 Å². The molecule has 0 bridgehead atoms. The lowest BCUT2D eigenvalue weighted by atomic mass is 10.1. The van der Waals surface area contributed by atoms with Crippen LogP contribution in [0.1, 0.15) is 10.4 Å². The third-order valence-corrected chi connectivity index (χ3v) is 2.33. The van der Waals surface area contributed by atoms with Crippen LogP contribution in [-0.2, 0) is 0 Å². The van der Waals surface area contributed by atoms with Gasteiger partial charge in [-0.25, -0.2) is 0 Å². The predicted octanol–water partition coefficient (Wildman–Crippen LogP) is 0.712. The number of anilines is 2. The van der Waals surface area contributed by atoms with Crippen LogP contribution in [0.5, 0.6) is 0 Å². The average molecular weight is 230 g/mol. The van der Waals surface area contributed by atoms with E-state index in [1.54, 1.807) is 0 Å². The maximum atomic E-state index is 10.7. The van der Waals surface area contributed by atoms with E-state index < -0.39 is 5.91 Å². The van der Waals surface area contributed by atoms with Gasteiger partial charge in [0.15, 0.2) is 0 Å². The van der Waals surface area contributed by atoms with Crippen LogP contribution in [0.4, 0.5) is 11.4 Å². The Balaban J connectivity index is 3.31. The summed E-state index contributed by atoms with van der Waals surface area (Å²) >= 11 is 3.16. The minimum Gasteiger partial charge on any atom is -0.398 e. The molecule has 0 atom stereocenters. The first kappa shape index (κ1) is 8.86. The highest BCUT2D eigenvalue weighted by Crippen LogP contribution is 2.27. The molecule has 0 aliphatic carbocycles. The number of nitrogen functional groups attached to an aromatic ring is 2. The summed E-state index contributed by atoms with van der Waals surface area (Å²) in [6.07, 6.45) is 0. The Bertz CT molecular complexity index is 314. The summed E-state index contributed by atoms with van der Waals surface area (Å²) in [5.74, 6) is -0.541. The lowest BCUT2D eigenvalue weighted by Gasteiger charge is -2.04. The van der Waals surface area contributed by atoms with E-state index in [1.807, 2.05) is 0 Å². The van der Waals surface area contributed by atoms with Gasteiger partial charge in [0, 0.05) is 16.9 Å². The fraction of sp³-hybridized carbons (Fsp3) is 0. The lowest BCUT2D eigenvalue weighted by Crippen LogP contribution is -2.12. The molecule has 12 heavy (non-hydrogen) atoms. The molecule has 5 heteroatoms. The molecule has 0 saturated carbocycles. The quantitative estimate of drug-likeness (QED) is 0.620. The zero-order valence-corrected chi connectivity index (χ0v) is 7.76. The molecule has 0 aliphatic heterocycles. The van der Waals surface area contributed by atoms with Crippen molar-refractivity contribution in [1.29, 1.82) is 0 Å². The predicted molar refractivity (Wildman–Crippen MR) is 51.5 cm³/mol. The van der Waals surface area contributed by atoms with Crippen molar-refractivity contribution in [3.8, 4) is 0 Å². The van der Waals surface area contributed by atoms with Crippen molar-refractivity contribution in [1.82, 2.24) is 0 Å². The number of primary amides is 1. The van der Waals surface area contributed by atoms with Gasteiger partial charge in [0.25, 0.3) is 0 Å². The zero-order chi connectivity index (χ0) is 9.30. The third-order valence-electron chi connectivity index (χ3n) is 1.41.